The summed E-state index contributed by atoms with van der Waals surface area (Å²) in [5, 5.41) is 15.3. The number of rotatable bonds is 2. The Morgan fingerprint density at radius 2 is 2.41 bits per heavy atom. The van der Waals surface area contributed by atoms with E-state index in [0.29, 0.717) is 23.2 Å². The fraction of sp³-hybridized carbons (Fsp3) is 0.455. The number of aromatic nitrogens is 2. The minimum Gasteiger partial charge on any atom is -0.506 e. The molecule has 3 heterocycles. The van der Waals surface area contributed by atoms with Crippen LogP contribution in [-0.4, -0.2) is 28.5 Å². The van der Waals surface area contributed by atoms with Crippen molar-refractivity contribution >= 4 is 11.3 Å². The number of aromatic hydroxyl groups is 1. The number of nitrogens with zero attached hydrogens (tertiary/aromatic N) is 2. The van der Waals surface area contributed by atoms with Crippen molar-refractivity contribution in [3.8, 4) is 16.5 Å². The van der Waals surface area contributed by atoms with Crippen LogP contribution in [0.5, 0.6) is 5.75 Å². The van der Waals surface area contributed by atoms with Gasteiger partial charge in [-0.1, -0.05) is 5.16 Å². The Morgan fingerprint density at radius 1 is 1.47 bits per heavy atom. The van der Waals surface area contributed by atoms with Crippen molar-refractivity contribution in [2.24, 2.45) is 0 Å². The van der Waals surface area contributed by atoms with E-state index < -0.39 is 0 Å². The summed E-state index contributed by atoms with van der Waals surface area (Å²) in [5.41, 5.74) is 0. The molecule has 0 amide bonds. The summed E-state index contributed by atoms with van der Waals surface area (Å²) in [4.78, 5) is 4.96. The molecule has 0 saturated carbocycles. The lowest BCUT2D eigenvalue weighted by Crippen LogP contribution is -2.16. The predicted octanol–water partition coefficient (Wildman–Crippen LogP) is 2.40. The van der Waals surface area contributed by atoms with Crippen LogP contribution in [0.1, 0.15) is 24.6 Å². The van der Waals surface area contributed by atoms with Gasteiger partial charge in [-0.2, -0.15) is 4.98 Å². The normalized spacial score (nSPS) is 20.6. The highest BCUT2D eigenvalue weighted by Crippen LogP contribution is 2.34. The summed E-state index contributed by atoms with van der Waals surface area (Å²) in [6, 6.07) is 1.62. The van der Waals surface area contributed by atoms with E-state index in [1.165, 1.54) is 11.3 Å². The minimum atomic E-state index is 0.185. The largest absolute Gasteiger partial charge is 0.506 e. The van der Waals surface area contributed by atoms with Crippen molar-refractivity contribution in [1.29, 1.82) is 0 Å². The van der Waals surface area contributed by atoms with Crippen LogP contribution < -0.4 is 0 Å². The van der Waals surface area contributed by atoms with Gasteiger partial charge in [-0.25, -0.2) is 0 Å². The molecule has 3 rings (SSSR count). The number of hydrogen-bond acceptors (Lipinski definition) is 6. The van der Waals surface area contributed by atoms with Gasteiger partial charge in [-0.3, -0.25) is 0 Å². The maximum absolute atomic E-state index is 9.58. The van der Waals surface area contributed by atoms with Gasteiger partial charge in [0.1, 0.15) is 10.6 Å². The zero-order valence-corrected chi connectivity index (χ0v) is 9.94. The molecule has 1 saturated heterocycles. The summed E-state index contributed by atoms with van der Waals surface area (Å²) in [6.07, 6.45) is 2.05. The van der Waals surface area contributed by atoms with Crippen LogP contribution in [-0.2, 0) is 4.74 Å². The van der Waals surface area contributed by atoms with Gasteiger partial charge in [-0.05, 0) is 24.3 Å². The van der Waals surface area contributed by atoms with Gasteiger partial charge < -0.3 is 14.4 Å². The fourth-order valence-corrected chi connectivity index (χ4v) is 2.61. The second-order valence-corrected chi connectivity index (χ2v) is 4.92. The molecule has 6 heteroatoms. The Balaban J connectivity index is 1.85. The van der Waals surface area contributed by atoms with E-state index in [1.807, 2.05) is 0 Å². The molecule has 2 aromatic heterocycles. The molecule has 1 atom stereocenters. The Kier molecular flexibility index (Phi) is 2.82. The molecule has 1 aliphatic rings. The van der Waals surface area contributed by atoms with Gasteiger partial charge in [0.05, 0.1) is 6.61 Å². The van der Waals surface area contributed by atoms with E-state index in [0.717, 1.165) is 19.4 Å². The van der Waals surface area contributed by atoms with Crippen LogP contribution in [0.3, 0.4) is 0 Å². The number of hydrogen-bond donors (Lipinski definition) is 1. The zero-order valence-electron chi connectivity index (χ0n) is 9.13. The lowest BCUT2D eigenvalue weighted by atomic mass is 10.0. The number of ether oxygens (including phenoxy) is 1. The Labute approximate surface area is 102 Å². The topological polar surface area (TPSA) is 68.4 Å². The zero-order chi connectivity index (χ0) is 11.7. The van der Waals surface area contributed by atoms with Crippen molar-refractivity contribution in [3.05, 3.63) is 17.3 Å². The third-order valence-electron chi connectivity index (χ3n) is 2.81. The average Bonchev–Trinajstić information content (AvgIpc) is 2.98. The molecule has 90 valence electrons. The van der Waals surface area contributed by atoms with Crippen molar-refractivity contribution < 1.29 is 14.4 Å². The highest BCUT2D eigenvalue weighted by Gasteiger charge is 2.23. The van der Waals surface area contributed by atoms with Crippen LogP contribution >= 0.6 is 11.3 Å². The van der Waals surface area contributed by atoms with Crippen molar-refractivity contribution in [2.45, 2.75) is 18.8 Å². The molecule has 5 nitrogen and oxygen atoms in total. The molecule has 1 fully saturated rings. The van der Waals surface area contributed by atoms with Gasteiger partial charge in [0.15, 0.2) is 5.82 Å². The van der Waals surface area contributed by atoms with E-state index >= 15 is 0 Å². The number of thiophene rings is 1. The summed E-state index contributed by atoms with van der Waals surface area (Å²) < 4.78 is 10.6. The van der Waals surface area contributed by atoms with Crippen molar-refractivity contribution in [1.82, 2.24) is 10.1 Å². The highest BCUT2D eigenvalue weighted by atomic mass is 32.1. The van der Waals surface area contributed by atoms with Crippen LogP contribution in [0.15, 0.2) is 16.0 Å². The summed E-state index contributed by atoms with van der Waals surface area (Å²) in [6.45, 7) is 1.46. The first-order chi connectivity index (χ1) is 8.34. The molecule has 1 N–H and O–H groups in total. The predicted molar refractivity (Wildman–Crippen MR) is 62.1 cm³/mol. The van der Waals surface area contributed by atoms with Gasteiger partial charge in [-0.15, -0.1) is 11.3 Å². The molecular formula is C11H12N2O3S. The van der Waals surface area contributed by atoms with Crippen LogP contribution in [0, 0.1) is 0 Å². The van der Waals surface area contributed by atoms with Gasteiger partial charge in [0.25, 0.3) is 5.89 Å². The van der Waals surface area contributed by atoms with E-state index in [9.17, 15) is 5.11 Å². The monoisotopic (exact) mass is 252 g/mol. The van der Waals surface area contributed by atoms with Gasteiger partial charge in [0, 0.05) is 12.5 Å². The minimum absolute atomic E-state index is 0.185. The first-order valence-corrected chi connectivity index (χ1v) is 6.41. The molecule has 0 aliphatic carbocycles. The standard InChI is InChI=1S/C11H12N2O3S/c14-8-3-5-17-9(8)11-12-10(13-16-11)7-2-1-4-15-6-7/h3,5,7,14H,1-2,4,6H2. The second kappa shape index (κ2) is 4.46. The van der Waals surface area contributed by atoms with Gasteiger partial charge >= 0.3 is 0 Å². The first-order valence-electron chi connectivity index (χ1n) is 5.53. The summed E-state index contributed by atoms with van der Waals surface area (Å²) in [5.74, 6) is 1.46. The SMILES string of the molecule is Oc1ccsc1-c1nc(C2CCCOC2)no1. The quantitative estimate of drug-likeness (QED) is 0.888. The first kappa shape index (κ1) is 10.7. The molecule has 2 aromatic rings. The molecule has 17 heavy (non-hydrogen) atoms. The Morgan fingerprint density at radius 3 is 3.12 bits per heavy atom. The van der Waals surface area contributed by atoms with E-state index in [1.54, 1.807) is 11.4 Å². The molecule has 0 radical (unpaired) electrons. The second-order valence-electron chi connectivity index (χ2n) is 4.01. The third kappa shape index (κ3) is 2.05. The molecular weight excluding hydrogens is 240 g/mol. The van der Waals surface area contributed by atoms with Gasteiger partial charge in [0.2, 0.25) is 0 Å². The Hall–Kier alpha value is -1.40. The Bertz CT molecular complexity index is 502. The molecule has 1 aliphatic heterocycles. The highest BCUT2D eigenvalue weighted by molar-refractivity contribution is 7.13. The van der Waals surface area contributed by atoms with E-state index in [2.05, 4.69) is 10.1 Å². The van der Waals surface area contributed by atoms with Crippen LogP contribution in [0.25, 0.3) is 10.8 Å². The van der Waals surface area contributed by atoms with Crippen molar-refractivity contribution in [2.75, 3.05) is 13.2 Å². The molecule has 0 spiro atoms. The molecule has 1 unspecified atom stereocenters. The maximum atomic E-state index is 9.58. The molecule has 0 bridgehead atoms. The van der Waals surface area contributed by atoms with Crippen molar-refractivity contribution in [3.63, 3.8) is 0 Å². The lowest BCUT2D eigenvalue weighted by Gasteiger charge is -2.18. The fourth-order valence-electron chi connectivity index (χ4n) is 1.90. The van der Waals surface area contributed by atoms with Crippen LogP contribution in [0.2, 0.25) is 0 Å². The smallest absolute Gasteiger partial charge is 0.271 e. The van der Waals surface area contributed by atoms with Crippen LogP contribution in [0.4, 0.5) is 0 Å². The summed E-state index contributed by atoms with van der Waals surface area (Å²) >= 11 is 1.39. The average molecular weight is 252 g/mol. The summed E-state index contributed by atoms with van der Waals surface area (Å²) in [7, 11) is 0. The van der Waals surface area contributed by atoms with E-state index in [-0.39, 0.29) is 11.7 Å². The third-order valence-corrected chi connectivity index (χ3v) is 3.70. The lowest BCUT2D eigenvalue weighted by molar-refractivity contribution is 0.0773. The van der Waals surface area contributed by atoms with E-state index in [4.69, 9.17) is 9.26 Å². The molecule has 0 aromatic carbocycles. The maximum Gasteiger partial charge on any atom is 0.271 e.